The standard InChI is InChI=1S/C31H45N7/c1-9-31(10-2)15-18-37(21-31)24(5)34-26-13-11-22(3)25(19-26)12-14-27-20-28(38(36-27)30(6,7)8)35-29-23(4)32-16-17-33-29/h11,13,16-17,19-20,34H,5,9-10,12,14-15,18,21H2,1-4,6-8H3,(H,33,35). The van der Waals surface area contributed by atoms with Crippen LogP contribution in [0.3, 0.4) is 0 Å². The van der Waals surface area contributed by atoms with Crippen LogP contribution in [0.4, 0.5) is 17.3 Å². The van der Waals surface area contributed by atoms with Crippen LogP contribution in [-0.4, -0.2) is 37.7 Å². The van der Waals surface area contributed by atoms with Crippen molar-refractivity contribution in [3.8, 4) is 0 Å². The van der Waals surface area contributed by atoms with Gasteiger partial charge in [0.25, 0.3) is 0 Å². The summed E-state index contributed by atoms with van der Waals surface area (Å²) in [5, 5.41) is 12.0. The second-order valence-electron chi connectivity index (χ2n) is 11.8. The molecule has 3 heterocycles. The van der Waals surface area contributed by atoms with E-state index in [9.17, 15) is 0 Å². The molecule has 4 rings (SSSR count). The molecule has 2 aromatic heterocycles. The van der Waals surface area contributed by atoms with E-state index >= 15 is 0 Å². The van der Waals surface area contributed by atoms with E-state index in [0.717, 1.165) is 60.5 Å². The van der Waals surface area contributed by atoms with Crippen LogP contribution in [0.15, 0.2) is 49.1 Å². The van der Waals surface area contributed by atoms with Gasteiger partial charge in [0.2, 0.25) is 0 Å². The molecule has 1 saturated heterocycles. The summed E-state index contributed by atoms with van der Waals surface area (Å²) in [4.78, 5) is 11.2. The summed E-state index contributed by atoms with van der Waals surface area (Å²) < 4.78 is 2.05. The summed E-state index contributed by atoms with van der Waals surface area (Å²) in [6.07, 6.45) is 8.88. The van der Waals surface area contributed by atoms with Crippen LogP contribution in [0.5, 0.6) is 0 Å². The van der Waals surface area contributed by atoms with E-state index in [1.165, 1.54) is 30.4 Å². The van der Waals surface area contributed by atoms with E-state index in [4.69, 9.17) is 5.10 Å². The number of rotatable bonds is 10. The van der Waals surface area contributed by atoms with Gasteiger partial charge >= 0.3 is 0 Å². The van der Waals surface area contributed by atoms with Crippen molar-refractivity contribution in [1.82, 2.24) is 24.6 Å². The van der Waals surface area contributed by atoms with E-state index in [0.29, 0.717) is 5.41 Å². The van der Waals surface area contributed by atoms with Crippen molar-refractivity contribution in [2.75, 3.05) is 23.7 Å². The van der Waals surface area contributed by atoms with Crippen molar-refractivity contribution in [2.24, 2.45) is 5.41 Å². The highest BCUT2D eigenvalue weighted by Gasteiger charge is 2.35. The first-order chi connectivity index (χ1) is 18.0. The Labute approximate surface area is 228 Å². The molecule has 1 fully saturated rings. The minimum Gasteiger partial charge on any atom is -0.358 e. The molecule has 0 unspecified atom stereocenters. The predicted octanol–water partition coefficient (Wildman–Crippen LogP) is 6.97. The highest BCUT2D eigenvalue weighted by molar-refractivity contribution is 5.55. The van der Waals surface area contributed by atoms with Gasteiger partial charge in [0.15, 0.2) is 5.82 Å². The lowest BCUT2D eigenvalue weighted by atomic mass is 9.82. The topological polar surface area (TPSA) is 70.9 Å². The van der Waals surface area contributed by atoms with Gasteiger partial charge in [-0.15, -0.1) is 0 Å². The Morgan fingerprint density at radius 3 is 2.45 bits per heavy atom. The lowest BCUT2D eigenvalue weighted by molar-refractivity contribution is 0.265. The maximum Gasteiger partial charge on any atom is 0.152 e. The summed E-state index contributed by atoms with van der Waals surface area (Å²) in [5.74, 6) is 2.69. The lowest BCUT2D eigenvalue weighted by Crippen LogP contribution is -2.28. The van der Waals surface area contributed by atoms with Crippen LogP contribution in [0, 0.1) is 19.3 Å². The summed E-state index contributed by atoms with van der Waals surface area (Å²) in [6, 6.07) is 8.77. The molecule has 0 spiro atoms. The summed E-state index contributed by atoms with van der Waals surface area (Å²) in [6.45, 7) is 21.8. The fourth-order valence-corrected chi connectivity index (χ4v) is 5.32. The van der Waals surface area contributed by atoms with E-state index in [-0.39, 0.29) is 5.54 Å². The van der Waals surface area contributed by atoms with E-state index in [2.05, 4.69) is 97.9 Å². The van der Waals surface area contributed by atoms with Gasteiger partial charge in [-0.2, -0.15) is 5.10 Å². The smallest absolute Gasteiger partial charge is 0.152 e. The largest absolute Gasteiger partial charge is 0.358 e. The van der Waals surface area contributed by atoms with Crippen molar-refractivity contribution < 1.29 is 0 Å². The molecule has 0 atom stereocenters. The fraction of sp³-hybridized carbons (Fsp3) is 0.516. The van der Waals surface area contributed by atoms with Crippen molar-refractivity contribution >= 4 is 17.3 Å². The minimum atomic E-state index is -0.167. The highest BCUT2D eigenvalue weighted by Crippen LogP contribution is 2.38. The molecule has 1 aromatic carbocycles. The zero-order valence-corrected chi connectivity index (χ0v) is 24.4. The van der Waals surface area contributed by atoms with Gasteiger partial charge in [0.05, 0.1) is 22.7 Å². The van der Waals surface area contributed by atoms with Crippen molar-refractivity contribution in [1.29, 1.82) is 0 Å². The Balaban J connectivity index is 1.46. The number of benzene rings is 1. The maximum absolute atomic E-state index is 4.97. The monoisotopic (exact) mass is 515 g/mol. The number of likely N-dealkylation sites (tertiary alicyclic amines) is 1. The second kappa shape index (κ2) is 11.2. The Hall–Kier alpha value is -3.35. The first kappa shape index (κ1) is 27.7. The van der Waals surface area contributed by atoms with Crippen molar-refractivity contribution in [3.05, 3.63) is 71.6 Å². The first-order valence-corrected chi connectivity index (χ1v) is 14.0. The predicted molar refractivity (Wildman–Crippen MR) is 158 cm³/mol. The number of aromatic nitrogens is 4. The molecular weight excluding hydrogens is 470 g/mol. The third kappa shape index (κ3) is 6.20. The fourth-order valence-electron chi connectivity index (χ4n) is 5.32. The van der Waals surface area contributed by atoms with Crippen molar-refractivity contribution in [2.45, 2.75) is 86.1 Å². The van der Waals surface area contributed by atoms with Crippen LogP contribution >= 0.6 is 0 Å². The number of anilines is 3. The molecule has 0 amide bonds. The molecule has 3 aromatic rings. The average molecular weight is 516 g/mol. The molecule has 7 heteroatoms. The molecular formula is C31H45N7. The molecule has 0 radical (unpaired) electrons. The first-order valence-electron chi connectivity index (χ1n) is 14.0. The van der Waals surface area contributed by atoms with Crippen LogP contribution in [0.25, 0.3) is 0 Å². The van der Waals surface area contributed by atoms with E-state index in [1.807, 2.05) is 11.6 Å². The summed E-state index contributed by atoms with van der Waals surface area (Å²) in [5.41, 5.74) is 5.90. The van der Waals surface area contributed by atoms with E-state index in [1.54, 1.807) is 12.4 Å². The maximum atomic E-state index is 4.97. The molecule has 0 aliphatic carbocycles. The Morgan fingerprint density at radius 2 is 1.79 bits per heavy atom. The Morgan fingerprint density at radius 1 is 1.05 bits per heavy atom. The molecule has 38 heavy (non-hydrogen) atoms. The minimum absolute atomic E-state index is 0.167. The summed E-state index contributed by atoms with van der Waals surface area (Å²) >= 11 is 0. The second-order valence-corrected chi connectivity index (χ2v) is 11.8. The lowest BCUT2D eigenvalue weighted by Gasteiger charge is -2.28. The van der Waals surface area contributed by atoms with Gasteiger partial charge in [-0.3, -0.25) is 4.98 Å². The van der Waals surface area contributed by atoms with Crippen LogP contribution in [-0.2, 0) is 18.4 Å². The van der Waals surface area contributed by atoms with Crippen LogP contribution in [0.1, 0.15) is 76.4 Å². The zero-order valence-electron chi connectivity index (χ0n) is 24.4. The number of nitrogens with one attached hydrogen (secondary N) is 2. The molecule has 204 valence electrons. The molecule has 0 bridgehead atoms. The van der Waals surface area contributed by atoms with Crippen LogP contribution < -0.4 is 10.6 Å². The molecule has 1 aliphatic heterocycles. The zero-order chi connectivity index (χ0) is 27.5. The van der Waals surface area contributed by atoms with Gasteiger partial charge < -0.3 is 15.5 Å². The summed E-state index contributed by atoms with van der Waals surface area (Å²) in [7, 11) is 0. The van der Waals surface area contributed by atoms with Gasteiger partial charge in [0, 0.05) is 37.2 Å². The van der Waals surface area contributed by atoms with Gasteiger partial charge in [-0.25, -0.2) is 9.67 Å². The third-order valence-electron chi connectivity index (χ3n) is 8.13. The number of nitrogens with zero attached hydrogens (tertiary/aromatic N) is 5. The molecule has 1 aliphatic rings. The quantitative estimate of drug-likeness (QED) is 0.304. The number of hydrogen-bond acceptors (Lipinski definition) is 6. The van der Waals surface area contributed by atoms with Gasteiger partial charge in [0.1, 0.15) is 5.82 Å². The number of aryl methyl sites for hydroxylation is 4. The van der Waals surface area contributed by atoms with Crippen LogP contribution in [0.2, 0.25) is 0 Å². The van der Waals surface area contributed by atoms with Gasteiger partial charge in [-0.1, -0.05) is 26.5 Å². The number of hydrogen-bond donors (Lipinski definition) is 2. The van der Waals surface area contributed by atoms with Gasteiger partial charge in [-0.05, 0) is 95.4 Å². The molecule has 0 saturated carbocycles. The highest BCUT2D eigenvalue weighted by atomic mass is 15.4. The SMILES string of the molecule is C=C(Nc1ccc(C)c(CCc2cc(Nc3nccnc3C)n(C(C)(C)C)n2)c1)N1CCC(CC)(CC)C1. The molecule has 7 nitrogen and oxygen atoms in total. The van der Waals surface area contributed by atoms with Crippen molar-refractivity contribution in [3.63, 3.8) is 0 Å². The normalized spacial score (nSPS) is 15.1. The molecule has 2 N–H and O–H groups in total. The Kier molecular flexibility index (Phi) is 8.14. The van der Waals surface area contributed by atoms with E-state index < -0.39 is 0 Å². The Bertz CT molecular complexity index is 1260. The third-order valence-corrected chi connectivity index (χ3v) is 8.13. The average Bonchev–Trinajstić information content (AvgIpc) is 3.51.